The average molecular weight is 261 g/mol. The molecule has 1 fully saturated rings. The van der Waals surface area contributed by atoms with Crippen LogP contribution in [0.25, 0.3) is 0 Å². The van der Waals surface area contributed by atoms with Crippen LogP contribution in [0.1, 0.15) is 33.6 Å². The second-order valence-electron chi connectivity index (χ2n) is 6.12. The highest BCUT2D eigenvalue weighted by Gasteiger charge is 2.32. The van der Waals surface area contributed by atoms with Crippen molar-refractivity contribution in [3.05, 3.63) is 0 Å². The minimum atomic E-state index is -3.22. The van der Waals surface area contributed by atoms with Crippen molar-refractivity contribution in [1.82, 2.24) is 4.90 Å². The fraction of sp³-hybridized carbons (Fsp3) is 0.917. The third kappa shape index (κ3) is 4.66. The van der Waals surface area contributed by atoms with E-state index >= 15 is 0 Å². The molecule has 0 bridgehead atoms. The first-order valence-corrected chi connectivity index (χ1v) is 8.11. The summed E-state index contributed by atoms with van der Waals surface area (Å²) < 4.78 is 22.2. The van der Waals surface area contributed by atoms with Gasteiger partial charge in [0.1, 0.15) is 5.75 Å². The molecule has 100 valence electrons. The molecule has 0 radical (unpaired) electrons. The number of carbonyl (C=O) groups is 1. The minimum absolute atomic E-state index is 0.171. The molecule has 4 nitrogen and oxygen atoms in total. The molecule has 0 aliphatic carbocycles. The highest BCUT2D eigenvalue weighted by atomic mass is 32.2. The van der Waals surface area contributed by atoms with E-state index in [2.05, 4.69) is 20.8 Å². The molecule has 0 unspecified atom stereocenters. The smallest absolute Gasteiger partial charge is 0.237 e. The molecule has 1 heterocycles. The molecule has 0 saturated carbocycles. The summed E-state index contributed by atoms with van der Waals surface area (Å²) in [6, 6.07) is 0. The molecular weight excluding hydrogens is 238 g/mol. The number of carbonyl (C=O) groups excluding carboxylic acids is 1. The van der Waals surface area contributed by atoms with Crippen LogP contribution in [-0.4, -0.2) is 44.3 Å². The van der Waals surface area contributed by atoms with Gasteiger partial charge in [0.05, 0.1) is 0 Å². The maximum absolute atomic E-state index is 11.8. The van der Waals surface area contributed by atoms with E-state index in [1.54, 1.807) is 4.90 Å². The number of likely N-dealkylation sites (tertiary alicyclic amines) is 1. The van der Waals surface area contributed by atoms with Crippen LogP contribution in [0.5, 0.6) is 0 Å². The molecule has 5 heteroatoms. The van der Waals surface area contributed by atoms with Crippen molar-refractivity contribution in [3.8, 4) is 0 Å². The van der Waals surface area contributed by atoms with Crippen molar-refractivity contribution in [2.45, 2.75) is 33.6 Å². The Bertz CT molecular complexity index is 381. The van der Waals surface area contributed by atoms with Crippen molar-refractivity contribution in [2.75, 3.05) is 25.1 Å². The summed E-state index contributed by atoms with van der Waals surface area (Å²) in [6.45, 7) is 7.89. The van der Waals surface area contributed by atoms with Crippen molar-refractivity contribution >= 4 is 15.7 Å². The van der Waals surface area contributed by atoms with Crippen LogP contribution in [0.3, 0.4) is 0 Å². The van der Waals surface area contributed by atoms with Crippen LogP contribution in [-0.2, 0) is 14.6 Å². The van der Waals surface area contributed by atoms with Gasteiger partial charge in [0.2, 0.25) is 5.91 Å². The molecule has 1 saturated heterocycles. The summed E-state index contributed by atoms with van der Waals surface area (Å²) in [5, 5.41) is 0. The molecule has 0 aromatic rings. The Morgan fingerprint density at radius 3 is 2.41 bits per heavy atom. The Morgan fingerprint density at radius 1 is 1.35 bits per heavy atom. The Labute approximate surface area is 104 Å². The molecule has 1 aliphatic rings. The largest absolute Gasteiger partial charge is 0.342 e. The van der Waals surface area contributed by atoms with Gasteiger partial charge in [0.15, 0.2) is 9.84 Å². The van der Waals surface area contributed by atoms with Crippen molar-refractivity contribution in [1.29, 1.82) is 0 Å². The first-order valence-electron chi connectivity index (χ1n) is 6.05. The van der Waals surface area contributed by atoms with Gasteiger partial charge in [-0.25, -0.2) is 8.42 Å². The topological polar surface area (TPSA) is 54.5 Å². The average Bonchev–Trinajstić information content (AvgIpc) is 2.14. The minimum Gasteiger partial charge on any atom is -0.342 e. The second-order valence-corrected chi connectivity index (χ2v) is 8.26. The van der Waals surface area contributed by atoms with Gasteiger partial charge in [-0.05, 0) is 24.2 Å². The Balaban J connectivity index is 2.64. The first-order chi connectivity index (χ1) is 7.59. The fourth-order valence-electron chi connectivity index (χ4n) is 2.23. The molecular formula is C12H23NO3S. The van der Waals surface area contributed by atoms with Crippen LogP contribution in [0, 0.1) is 11.3 Å². The highest BCUT2D eigenvalue weighted by Crippen LogP contribution is 2.33. The number of hydrogen-bond acceptors (Lipinski definition) is 3. The SMILES string of the molecule is CC(C)(C)[C@@H]1CCCN(C(=O)CS(C)(=O)=O)C1. The Hall–Kier alpha value is -0.580. The van der Waals surface area contributed by atoms with E-state index in [0.29, 0.717) is 19.0 Å². The standard InChI is InChI=1S/C12H23NO3S/c1-12(2,3)10-6-5-7-13(8-10)11(14)9-17(4,15)16/h10H,5-9H2,1-4H3/t10-/m1/s1. The molecule has 0 aromatic heterocycles. The summed E-state index contributed by atoms with van der Waals surface area (Å²) in [5.41, 5.74) is 0.171. The number of hydrogen-bond donors (Lipinski definition) is 0. The van der Waals surface area contributed by atoms with Crippen LogP contribution >= 0.6 is 0 Å². The molecule has 17 heavy (non-hydrogen) atoms. The van der Waals surface area contributed by atoms with E-state index in [0.717, 1.165) is 19.1 Å². The number of sulfone groups is 1. The van der Waals surface area contributed by atoms with Gasteiger partial charge >= 0.3 is 0 Å². The maximum atomic E-state index is 11.8. The van der Waals surface area contributed by atoms with Crippen molar-refractivity contribution < 1.29 is 13.2 Å². The second kappa shape index (κ2) is 4.96. The predicted octanol–water partition coefficient (Wildman–Crippen LogP) is 1.32. The zero-order valence-corrected chi connectivity index (χ0v) is 12.0. The monoisotopic (exact) mass is 261 g/mol. The maximum Gasteiger partial charge on any atom is 0.237 e. The summed E-state index contributed by atoms with van der Waals surface area (Å²) >= 11 is 0. The Kier molecular flexibility index (Phi) is 4.23. The predicted molar refractivity (Wildman–Crippen MR) is 68.5 cm³/mol. The fourth-order valence-corrected chi connectivity index (χ4v) is 2.86. The third-order valence-corrected chi connectivity index (χ3v) is 4.16. The molecule has 1 amide bonds. The highest BCUT2D eigenvalue weighted by molar-refractivity contribution is 7.91. The summed E-state index contributed by atoms with van der Waals surface area (Å²) in [7, 11) is -3.22. The van der Waals surface area contributed by atoms with Gasteiger partial charge in [-0.3, -0.25) is 4.79 Å². The van der Waals surface area contributed by atoms with Crippen molar-refractivity contribution in [2.24, 2.45) is 11.3 Å². The van der Waals surface area contributed by atoms with E-state index < -0.39 is 9.84 Å². The summed E-state index contributed by atoms with van der Waals surface area (Å²) in [4.78, 5) is 13.5. The van der Waals surface area contributed by atoms with Crippen LogP contribution in [0.2, 0.25) is 0 Å². The molecule has 1 rings (SSSR count). The summed E-state index contributed by atoms with van der Waals surface area (Å²) in [6.07, 6.45) is 3.19. The first kappa shape index (κ1) is 14.5. The lowest BCUT2D eigenvalue weighted by Crippen LogP contribution is -2.45. The number of rotatable bonds is 2. The van der Waals surface area contributed by atoms with E-state index in [1.165, 1.54) is 0 Å². The molecule has 0 spiro atoms. The van der Waals surface area contributed by atoms with Gasteiger partial charge in [-0.15, -0.1) is 0 Å². The zero-order valence-electron chi connectivity index (χ0n) is 11.2. The Morgan fingerprint density at radius 2 is 1.94 bits per heavy atom. The zero-order chi connectivity index (χ0) is 13.3. The van der Waals surface area contributed by atoms with Gasteiger partial charge in [-0.1, -0.05) is 20.8 Å². The normalized spacial score (nSPS) is 22.6. The molecule has 1 atom stereocenters. The van der Waals surface area contributed by atoms with E-state index in [4.69, 9.17) is 0 Å². The number of amides is 1. The van der Waals surface area contributed by atoms with E-state index in [9.17, 15) is 13.2 Å². The molecule has 0 N–H and O–H groups in total. The lowest BCUT2D eigenvalue weighted by Gasteiger charge is -2.39. The molecule has 0 aromatic carbocycles. The van der Waals surface area contributed by atoms with Gasteiger partial charge in [0, 0.05) is 19.3 Å². The van der Waals surface area contributed by atoms with Crippen molar-refractivity contribution in [3.63, 3.8) is 0 Å². The van der Waals surface area contributed by atoms with E-state index in [1.807, 2.05) is 0 Å². The van der Waals surface area contributed by atoms with Gasteiger partial charge in [-0.2, -0.15) is 0 Å². The number of piperidine rings is 1. The molecule has 1 aliphatic heterocycles. The van der Waals surface area contributed by atoms with Gasteiger partial charge in [0.25, 0.3) is 0 Å². The van der Waals surface area contributed by atoms with Crippen LogP contribution in [0.4, 0.5) is 0 Å². The van der Waals surface area contributed by atoms with Crippen LogP contribution in [0.15, 0.2) is 0 Å². The lowest BCUT2D eigenvalue weighted by atomic mass is 9.76. The third-order valence-electron chi connectivity index (χ3n) is 3.38. The number of nitrogens with zero attached hydrogens (tertiary/aromatic N) is 1. The summed E-state index contributed by atoms with van der Waals surface area (Å²) in [5.74, 6) is -0.148. The van der Waals surface area contributed by atoms with Gasteiger partial charge < -0.3 is 4.90 Å². The lowest BCUT2D eigenvalue weighted by molar-refractivity contribution is -0.131. The van der Waals surface area contributed by atoms with E-state index in [-0.39, 0.29) is 17.1 Å². The quantitative estimate of drug-likeness (QED) is 0.753. The van der Waals surface area contributed by atoms with Crippen LogP contribution < -0.4 is 0 Å².